The Labute approximate surface area is 160 Å². The van der Waals surface area contributed by atoms with Gasteiger partial charge in [0, 0.05) is 13.3 Å². The summed E-state index contributed by atoms with van der Waals surface area (Å²) in [5.41, 5.74) is 0.666. The molecule has 0 aliphatic heterocycles. The summed E-state index contributed by atoms with van der Waals surface area (Å²) in [6.07, 6.45) is 7.28. The predicted molar refractivity (Wildman–Crippen MR) is 102 cm³/mol. The summed E-state index contributed by atoms with van der Waals surface area (Å²) in [5, 5.41) is 7.36. The lowest BCUT2D eigenvalue weighted by Gasteiger charge is -2.30. The van der Waals surface area contributed by atoms with Crippen molar-refractivity contribution in [3.63, 3.8) is 0 Å². The lowest BCUT2D eigenvalue weighted by molar-refractivity contribution is -0.123. The summed E-state index contributed by atoms with van der Waals surface area (Å²) in [6.45, 7) is 4.34. The summed E-state index contributed by atoms with van der Waals surface area (Å²) in [6, 6.07) is 7.94. The van der Waals surface area contributed by atoms with Crippen molar-refractivity contribution < 1.29 is 14.1 Å². The number of aryl methyl sites for hydroxylation is 2. The van der Waals surface area contributed by atoms with E-state index in [-0.39, 0.29) is 5.91 Å². The number of carbonyl (C=O) groups excluding carboxylic acids is 1. The Bertz CT molecular complexity index is 749. The van der Waals surface area contributed by atoms with Crippen LogP contribution in [0.25, 0.3) is 0 Å². The molecule has 1 saturated carbocycles. The van der Waals surface area contributed by atoms with E-state index in [1.165, 1.54) is 12.8 Å². The highest BCUT2D eigenvalue weighted by molar-refractivity contribution is 5.76. The van der Waals surface area contributed by atoms with Crippen molar-refractivity contribution in [3.8, 4) is 5.75 Å². The average molecular weight is 371 g/mol. The van der Waals surface area contributed by atoms with Gasteiger partial charge in [-0.3, -0.25) is 4.79 Å². The molecule has 1 amide bonds. The van der Waals surface area contributed by atoms with E-state index in [2.05, 4.69) is 15.5 Å². The van der Waals surface area contributed by atoms with E-state index >= 15 is 0 Å². The summed E-state index contributed by atoms with van der Waals surface area (Å²) < 4.78 is 10.9. The van der Waals surface area contributed by atoms with E-state index in [0.717, 1.165) is 37.0 Å². The molecule has 1 heterocycles. The van der Waals surface area contributed by atoms with Crippen molar-refractivity contribution in [1.82, 2.24) is 15.5 Å². The Morgan fingerprint density at radius 1 is 1.22 bits per heavy atom. The van der Waals surface area contributed by atoms with Crippen LogP contribution in [0.4, 0.5) is 0 Å². The highest BCUT2D eigenvalue weighted by atomic mass is 16.5. The van der Waals surface area contributed by atoms with Crippen molar-refractivity contribution in [3.05, 3.63) is 41.5 Å². The monoisotopic (exact) mass is 371 g/mol. The normalized spacial score (nSPS) is 16.5. The van der Waals surface area contributed by atoms with Crippen molar-refractivity contribution in [2.45, 2.75) is 70.8 Å². The van der Waals surface area contributed by atoms with Crippen LogP contribution >= 0.6 is 0 Å². The van der Waals surface area contributed by atoms with Gasteiger partial charge in [0.1, 0.15) is 11.3 Å². The van der Waals surface area contributed by atoms with Crippen molar-refractivity contribution in [1.29, 1.82) is 0 Å². The van der Waals surface area contributed by atoms with Crippen LogP contribution in [0.2, 0.25) is 0 Å². The third kappa shape index (κ3) is 5.31. The molecule has 6 heteroatoms. The minimum Gasteiger partial charge on any atom is -0.494 e. The molecule has 1 aliphatic carbocycles. The first kappa shape index (κ1) is 19.4. The molecule has 0 bridgehead atoms. The number of nitrogens with one attached hydrogen (secondary N) is 1. The van der Waals surface area contributed by atoms with E-state index < -0.39 is 5.54 Å². The second kappa shape index (κ2) is 9.02. The number of ether oxygens (including phenoxy) is 1. The highest BCUT2D eigenvalue weighted by Crippen LogP contribution is 2.34. The lowest BCUT2D eigenvalue weighted by atomic mass is 9.89. The SMILES string of the molecule is Cc1cccc(OCCCC(=O)NC2(c3noc(C)n3)CCCCCC2)c1. The number of amides is 1. The van der Waals surface area contributed by atoms with Gasteiger partial charge in [0.15, 0.2) is 5.82 Å². The van der Waals surface area contributed by atoms with Gasteiger partial charge in [-0.05, 0) is 43.9 Å². The quantitative estimate of drug-likeness (QED) is 0.583. The van der Waals surface area contributed by atoms with Crippen molar-refractivity contribution in [2.75, 3.05) is 6.61 Å². The van der Waals surface area contributed by atoms with Gasteiger partial charge < -0.3 is 14.6 Å². The molecule has 1 fully saturated rings. The highest BCUT2D eigenvalue weighted by Gasteiger charge is 2.38. The summed E-state index contributed by atoms with van der Waals surface area (Å²) in [7, 11) is 0. The Balaban J connectivity index is 1.54. The average Bonchev–Trinajstić information content (AvgIpc) is 2.95. The van der Waals surface area contributed by atoms with Gasteiger partial charge in [0.25, 0.3) is 0 Å². The molecule has 6 nitrogen and oxygen atoms in total. The number of nitrogens with zero attached hydrogens (tertiary/aromatic N) is 2. The topological polar surface area (TPSA) is 77.2 Å². The summed E-state index contributed by atoms with van der Waals surface area (Å²) >= 11 is 0. The predicted octanol–water partition coefficient (Wildman–Crippen LogP) is 4.21. The van der Waals surface area contributed by atoms with Crippen LogP contribution in [-0.2, 0) is 10.3 Å². The van der Waals surface area contributed by atoms with Gasteiger partial charge in [-0.2, -0.15) is 4.98 Å². The molecule has 1 aromatic heterocycles. The van der Waals surface area contributed by atoms with Crippen LogP contribution in [0.15, 0.2) is 28.8 Å². The smallest absolute Gasteiger partial charge is 0.223 e. The number of aromatic nitrogens is 2. The van der Waals surface area contributed by atoms with E-state index in [1.807, 2.05) is 31.2 Å². The van der Waals surface area contributed by atoms with Gasteiger partial charge >= 0.3 is 0 Å². The first-order chi connectivity index (χ1) is 13.1. The fourth-order valence-electron chi connectivity index (χ4n) is 3.69. The number of hydrogen-bond acceptors (Lipinski definition) is 5. The van der Waals surface area contributed by atoms with Gasteiger partial charge in [-0.15, -0.1) is 0 Å². The molecule has 0 spiro atoms. The van der Waals surface area contributed by atoms with Crippen LogP contribution in [0.5, 0.6) is 5.75 Å². The van der Waals surface area contributed by atoms with Crippen molar-refractivity contribution >= 4 is 5.91 Å². The molecule has 0 unspecified atom stereocenters. The Kier molecular flexibility index (Phi) is 6.48. The Morgan fingerprint density at radius 3 is 2.67 bits per heavy atom. The molecule has 146 valence electrons. The maximum Gasteiger partial charge on any atom is 0.223 e. The van der Waals surface area contributed by atoms with Crippen molar-refractivity contribution in [2.24, 2.45) is 0 Å². The third-order valence-corrected chi connectivity index (χ3v) is 5.10. The molecule has 3 rings (SSSR count). The zero-order valence-corrected chi connectivity index (χ0v) is 16.3. The van der Waals surface area contributed by atoms with E-state index in [9.17, 15) is 4.79 Å². The molecular formula is C21H29N3O3. The van der Waals surface area contributed by atoms with E-state index in [0.29, 0.717) is 31.2 Å². The van der Waals surface area contributed by atoms with Crippen LogP contribution in [0, 0.1) is 13.8 Å². The molecule has 1 aromatic carbocycles. The molecular weight excluding hydrogens is 342 g/mol. The standard InChI is InChI=1S/C21H29N3O3/c1-16-9-7-10-18(15-16)26-14-8-11-19(25)23-21(12-5-3-4-6-13-21)20-22-17(2)27-24-20/h7,9-10,15H,3-6,8,11-14H2,1-2H3,(H,23,25). The largest absolute Gasteiger partial charge is 0.494 e. The minimum atomic E-state index is -0.497. The lowest BCUT2D eigenvalue weighted by Crippen LogP contribution is -2.46. The molecule has 2 aromatic rings. The Morgan fingerprint density at radius 2 is 2.00 bits per heavy atom. The summed E-state index contributed by atoms with van der Waals surface area (Å²) in [5.74, 6) is 2.02. The van der Waals surface area contributed by atoms with Crippen LogP contribution in [0.3, 0.4) is 0 Å². The molecule has 0 atom stereocenters. The first-order valence-electron chi connectivity index (χ1n) is 9.89. The molecule has 1 aliphatic rings. The second-order valence-corrected chi connectivity index (χ2v) is 7.45. The summed E-state index contributed by atoms with van der Waals surface area (Å²) in [4.78, 5) is 17.0. The Hall–Kier alpha value is -2.37. The number of rotatable bonds is 7. The fraction of sp³-hybridized carbons (Fsp3) is 0.571. The van der Waals surface area contributed by atoms with Gasteiger partial charge in [0.05, 0.1) is 6.61 Å². The maximum absolute atomic E-state index is 12.6. The van der Waals surface area contributed by atoms with E-state index in [1.54, 1.807) is 6.92 Å². The first-order valence-corrected chi connectivity index (χ1v) is 9.89. The van der Waals surface area contributed by atoms with E-state index in [4.69, 9.17) is 9.26 Å². The fourth-order valence-corrected chi connectivity index (χ4v) is 3.69. The van der Waals surface area contributed by atoms with Gasteiger partial charge in [-0.25, -0.2) is 0 Å². The number of hydrogen-bond donors (Lipinski definition) is 1. The second-order valence-electron chi connectivity index (χ2n) is 7.45. The zero-order valence-electron chi connectivity index (χ0n) is 16.3. The van der Waals surface area contributed by atoms with Crippen LogP contribution < -0.4 is 10.1 Å². The number of benzene rings is 1. The van der Waals surface area contributed by atoms with Crippen LogP contribution in [0.1, 0.15) is 68.6 Å². The third-order valence-electron chi connectivity index (χ3n) is 5.10. The molecule has 27 heavy (non-hydrogen) atoms. The maximum atomic E-state index is 12.6. The van der Waals surface area contributed by atoms with Gasteiger partial charge in [0.2, 0.25) is 11.8 Å². The van der Waals surface area contributed by atoms with Crippen LogP contribution in [-0.4, -0.2) is 22.7 Å². The zero-order chi connectivity index (χ0) is 19.1. The molecule has 1 N–H and O–H groups in total. The minimum absolute atomic E-state index is 0.0206. The van der Waals surface area contributed by atoms with Gasteiger partial charge in [-0.1, -0.05) is 43.0 Å². The molecule has 0 saturated heterocycles. The number of carbonyl (C=O) groups is 1. The molecule has 0 radical (unpaired) electrons.